The molecule has 2 aliphatic rings. The van der Waals surface area contributed by atoms with Gasteiger partial charge in [0.25, 0.3) is 0 Å². The second kappa shape index (κ2) is 11.5. The summed E-state index contributed by atoms with van der Waals surface area (Å²) in [7, 11) is 0. The molecule has 252 valence electrons. The minimum atomic E-state index is -0.0928. The van der Waals surface area contributed by atoms with E-state index in [0.717, 1.165) is 42.5 Å². The molecule has 0 amide bonds. The number of benzene rings is 2. The van der Waals surface area contributed by atoms with E-state index in [4.69, 9.17) is 15.1 Å². The summed E-state index contributed by atoms with van der Waals surface area (Å²) in [6, 6.07) is 25.6. The lowest BCUT2D eigenvalue weighted by atomic mass is 9.81. The fourth-order valence-electron chi connectivity index (χ4n) is 8.87. The molecule has 2 aliphatic heterocycles. The Labute approximate surface area is 298 Å². The maximum Gasteiger partial charge on any atom is 0.349 e. The second-order valence-electron chi connectivity index (χ2n) is 15.5. The molecule has 5 aromatic heterocycles. The molecule has 2 unspecified atom stereocenters. The molecule has 0 N–H and O–H groups in total. The molecular weight excluding hydrogens is 633 g/mol. The van der Waals surface area contributed by atoms with E-state index in [0.29, 0.717) is 0 Å². The topological polar surface area (TPSA) is 51.4 Å². The first-order chi connectivity index (χ1) is 24.2. The monoisotopic (exact) mass is 678 g/mol. The number of thiophene rings is 1. The van der Waals surface area contributed by atoms with Gasteiger partial charge in [-0.1, -0.05) is 60.1 Å². The summed E-state index contributed by atoms with van der Waals surface area (Å²) in [6.45, 7) is 13.8. The molecule has 0 saturated heterocycles. The average Bonchev–Trinajstić information content (AvgIpc) is 3.81. The SMILES string of the molecule is CCCCc1ccc2c(c1)sc1cc3c(cc12)C(C1CC(CC)(CC)[n+]2ccccc2-c2cc(C(C)(C)C)nn21)[n+]1c-3ccc2nccnc21. The van der Waals surface area contributed by atoms with Crippen LogP contribution in [-0.4, -0.2) is 19.7 Å². The molecule has 0 spiro atoms. The first-order valence-electron chi connectivity index (χ1n) is 18.5. The van der Waals surface area contributed by atoms with Gasteiger partial charge in [0, 0.05) is 68.1 Å². The summed E-state index contributed by atoms with van der Waals surface area (Å²) in [5.41, 5.74) is 10.5. The van der Waals surface area contributed by atoms with E-state index >= 15 is 0 Å². The summed E-state index contributed by atoms with van der Waals surface area (Å²) in [5, 5.41) is 8.26. The molecular formula is C43H46N6S+2. The van der Waals surface area contributed by atoms with Crippen LogP contribution in [-0.2, 0) is 17.4 Å². The molecule has 50 heavy (non-hydrogen) atoms. The minimum Gasteiger partial charge on any atom is -0.250 e. The first kappa shape index (κ1) is 31.5. The van der Waals surface area contributed by atoms with E-state index in [1.807, 2.05) is 23.7 Å². The van der Waals surface area contributed by atoms with Crippen molar-refractivity contribution in [3.05, 3.63) is 102 Å². The van der Waals surface area contributed by atoms with E-state index in [2.05, 4.69) is 128 Å². The zero-order valence-corrected chi connectivity index (χ0v) is 30.9. The van der Waals surface area contributed by atoms with E-state index < -0.39 is 0 Å². The van der Waals surface area contributed by atoms with E-state index in [1.165, 1.54) is 66.8 Å². The number of hydrogen-bond donors (Lipinski definition) is 0. The lowest BCUT2D eigenvalue weighted by molar-refractivity contribution is -0.759. The summed E-state index contributed by atoms with van der Waals surface area (Å²) < 4.78 is 10.2. The zero-order chi connectivity index (χ0) is 34.4. The van der Waals surface area contributed by atoms with Crippen molar-refractivity contribution < 1.29 is 9.13 Å². The Balaban J connectivity index is 1.34. The molecule has 0 saturated carbocycles. The Kier molecular flexibility index (Phi) is 7.26. The Morgan fingerprint density at radius 2 is 1.70 bits per heavy atom. The molecule has 0 aliphatic carbocycles. The molecule has 2 atom stereocenters. The van der Waals surface area contributed by atoms with Gasteiger partial charge in [-0.15, -0.1) is 11.3 Å². The third-order valence-corrected chi connectivity index (χ3v) is 12.8. The number of fused-ring (bicyclic) bond motifs is 11. The number of hydrogen-bond acceptors (Lipinski definition) is 4. The van der Waals surface area contributed by atoms with Crippen molar-refractivity contribution in [2.45, 2.75) is 103 Å². The molecule has 2 aromatic carbocycles. The molecule has 7 heterocycles. The highest BCUT2D eigenvalue weighted by Gasteiger charge is 2.52. The summed E-state index contributed by atoms with van der Waals surface area (Å²) in [5.74, 6) is 0. The normalized spacial score (nSPS) is 17.9. The van der Waals surface area contributed by atoms with Crippen LogP contribution in [0.4, 0.5) is 0 Å². The van der Waals surface area contributed by atoms with Crippen molar-refractivity contribution in [1.29, 1.82) is 0 Å². The molecule has 0 fully saturated rings. The van der Waals surface area contributed by atoms with Gasteiger partial charge in [-0.3, -0.25) is 4.68 Å². The predicted molar refractivity (Wildman–Crippen MR) is 204 cm³/mol. The summed E-state index contributed by atoms with van der Waals surface area (Å²) >= 11 is 1.93. The van der Waals surface area contributed by atoms with Gasteiger partial charge >= 0.3 is 5.65 Å². The van der Waals surface area contributed by atoms with Gasteiger partial charge in [0.05, 0.1) is 11.9 Å². The molecule has 7 heteroatoms. The molecule has 9 rings (SSSR count). The van der Waals surface area contributed by atoms with Crippen LogP contribution in [0.15, 0.2) is 85.3 Å². The number of unbranched alkanes of at least 4 members (excludes halogenated alkanes) is 1. The standard InChI is InChI=1S/C43H46N6S/c1-7-10-13-27-15-16-28-30-23-31-29(24-38(30)50-37(28)22-27)33-18-17-32-41(45-20-19-44-32)48(33)40(31)36-26-43(8-2,9-3)47-21-12-11-14-34(47)35-25-39(42(4,5)6)46-49(35)36/h11-12,14-25,36,40H,7-10,13,26H2,1-6H3/q+2. The van der Waals surface area contributed by atoms with E-state index in [1.54, 1.807) is 0 Å². The van der Waals surface area contributed by atoms with Crippen LogP contribution in [0.25, 0.3) is 54.0 Å². The Morgan fingerprint density at radius 3 is 2.50 bits per heavy atom. The van der Waals surface area contributed by atoms with E-state index in [-0.39, 0.29) is 23.0 Å². The quantitative estimate of drug-likeness (QED) is 0.165. The second-order valence-corrected chi connectivity index (χ2v) is 16.6. The number of pyridine rings is 2. The van der Waals surface area contributed by atoms with Crippen molar-refractivity contribution in [1.82, 2.24) is 19.7 Å². The number of aromatic nitrogens is 6. The minimum absolute atomic E-state index is 0.0255. The first-order valence-corrected chi connectivity index (χ1v) is 19.3. The average molecular weight is 679 g/mol. The fourth-order valence-corrected chi connectivity index (χ4v) is 10.1. The summed E-state index contributed by atoms with van der Waals surface area (Å²) in [6.07, 6.45) is 12.5. The van der Waals surface area contributed by atoms with Crippen LogP contribution in [0.1, 0.15) is 103 Å². The highest BCUT2D eigenvalue weighted by Crippen LogP contribution is 2.50. The van der Waals surface area contributed by atoms with Crippen LogP contribution >= 0.6 is 11.3 Å². The van der Waals surface area contributed by atoms with Crippen molar-refractivity contribution in [2.24, 2.45) is 0 Å². The van der Waals surface area contributed by atoms with Gasteiger partial charge in [-0.2, -0.15) is 9.67 Å². The smallest absolute Gasteiger partial charge is 0.250 e. The number of rotatable bonds is 6. The molecule has 0 radical (unpaired) electrons. The van der Waals surface area contributed by atoms with Crippen LogP contribution in [0.3, 0.4) is 0 Å². The highest BCUT2D eigenvalue weighted by molar-refractivity contribution is 7.25. The van der Waals surface area contributed by atoms with Gasteiger partial charge in [-0.25, -0.2) is 9.55 Å². The van der Waals surface area contributed by atoms with Crippen LogP contribution in [0.5, 0.6) is 0 Å². The Hall–Kier alpha value is -4.49. The van der Waals surface area contributed by atoms with Gasteiger partial charge in [0.1, 0.15) is 17.4 Å². The van der Waals surface area contributed by atoms with Crippen molar-refractivity contribution in [3.63, 3.8) is 0 Å². The molecule has 0 bridgehead atoms. The van der Waals surface area contributed by atoms with Gasteiger partial charge in [-0.05, 0) is 65.9 Å². The Bertz CT molecular complexity index is 2440. The van der Waals surface area contributed by atoms with Crippen molar-refractivity contribution in [3.8, 4) is 22.6 Å². The third-order valence-electron chi connectivity index (χ3n) is 11.7. The van der Waals surface area contributed by atoms with Gasteiger partial charge < -0.3 is 0 Å². The van der Waals surface area contributed by atoms with Crippen LogP contribution < -0.4 is 9.13 Å². The lowest BCUT2D eigenvalue weighted by Gasteiger charge is -2.31. The predicted octanol–water partition coefficient (Wildman–Crippen LogP) is 9.81. The van der Waals surface area contributed by atoms with Gasteiger partial charge in [0.15, 0.2) is 29.5 Å². The van der Waals surface area contributed by atoms with Crippen LogP contribution in [0.2, 0.25) is 0 Å². The number of aryl methyl sites for hydroxylation is 1. The molecule has 7 aromatic rings. The summed E-state index contributed by atoms with van der Waals surface area (Å²) in [4.78, 5) is 9.83. The van der Waals surface area contributed by atoms with Crippen LogP contribution in [0, 0.1) is 0 Å². The maximum atomic E-state index is 5.56. The Morgan fingerprint density at radius 1 is 0.880 bits per heavy atom. The lowest BCUT2D eigenvalue weighted by Crippen LogP contribution is -2.57. The van der Waals surface area contributed by atoms with Crippen molar-refractivity contribution in [2.75, 3.05) is 0 Å². The van der Waals surface area contributed by atoms with Crippen molar-refractivity contribution >= 4 is 42.7 Å². The third kappa shape index (κ3) is 4.62. The molecule has 6 nitrogen and oxygen atoms in total. The van der Waals surface area contributed by atoms with E-state index in [9.17, 15) is 0 Å². The zero-order valence-electron chi connectivity index (χ0n) is 30.1. The van der Waals surface area contributed by atoms with Gasteiger partial charge in [0.2, 0.25) is 5.69 Å². The fraction of sp³-hybridized carbons (Fsp3) is 0.372. The maximum absolute atomic E-state index is 5.56. The number of nitrogens with zero attached hydrogens (tertiary/aromatic N) is 6. The highest BCUT2D eigenvalue weighted by atomic mass is 32.1. The largest absolute Gasteiger partial charge is 0.349 e.